The molecule has 0 saturated heterocycles. The first-order chi connectivity index (χ1) is 13.8. The van der Waals surface area contributed by atoms with E-state index in [0.29, 0.717) is 17.3 Å². The van der Waals surface area contributed by atoms with E-state index in [-0.39, 0.29) is 12.0 Å². The Hall–Kier alpha value is -3.41. The summed E-state index contributed by atoms with van der Waals surface area (Å²) in [4.78, 5) is 21.5. The van der Waals surface area contributed by atoms with Crippen LogP contribution in [-0.4, -0.2) is 22.0 Å². The topological polar surface area (TPSA) is 76.1 Å². The Bertz CT molecular complexity index is 1010. The third-order valence-corrected chi connectivity index (χ3v) is 4.42. The quantitative estimate of drug-likeness (QED) is 0.606. The van der Waals surface area contributed by atoms with E-state index in [1.807, 2.05) is 77.1 Å². The predicted molar refractivity (Wildman–Crippen MR) is 116 cm³/mol. The number of anilines is 3. The number of nitrogens with one attached hydrogen (secondary N) is 2. The summed E-state index contributed by atoms with van der Waals surface area (Å²) in [5.41, 5.74) is 4.76. The Morgan fingerprint density at radius 1 is 1.00 bits per heavy atom. The van der Waals surface area contributed by atoms with E-state index in [2.05, 4.69) is 20.6 Å². The van der Waals surface area contributed by atoms with Gasteiger partial charge in [-0.05, 0) is 82.1 Å². The molecule has 0 aliphatic carbocycles. The Balaban J connectivity index is 1.77. The van der Waals surface area contributed by atoms with Crippen LogP contribution in [0, 0.1) is 20.8 Å². The van der Waals surface area contributed by atoms with Gasteiger partial charge in [-0.1, -0.05) is 12.1 Å². The van der Waals surface area contributed by atoms with Crippen molar-refractivity contribution in [2.75, 3.05) is 10.6 Å². The van der Waals surface area contributed by atoms with Gasteiger partial charge in [0.2, 0.25) is 5.95 Å². The Labute approximate surface area is 171 Å². The van der Waals surface area contributed by atoms with Crippen LogP contribution in [0.3, 0.4) is 0 Å². The van der Waals surface area contributed by atoms with Crippen molar-refractivity contribution in [2.24, 2.45) is 0 Å². The minimum atomic E-state index is -0.270. The number of amides is 1. The molecular formula is C23H26N4O2. The molecule has 0 radical (unpaired) electrons. The molecule has 0 aliphatic heterocycles. The van der Waals surface area contributed by atoms with Crippen LogP contribution >= 0.6 is 0 Å². The lowest BCUT2D eigenvalue weighted by atomic mass is 10.1. The van der Waals surface area contributed by atoms with E-state index in [1.165, 1.54) is 0 Å². The average molecular weight is 390 g/mol. The molecule has 0 saturated carbocycles. The van der Waals surface area contributed by atoms with Gasteiger partial charge in [-0.3, -0.25) is 4.79 Å². The SMILES string of the molecule is Cc1cc(C(=O)Nc2cccc(C)c2C)nc(Nc2ccc(OC(C)C)cc2)n1. The van der Waals surface area contributed by atoms with Gasteiger partial charge in [0.25, 0.3) is 5.91 Å². The summed E-state index contributed by atoms with van der Waals surface area (Å²) in [6.45, 7) is 9.80. The van der Waals surface area contributed by atoms with Crippen LogP contribution in [0.25, 0.3) is 0 Å². The predicted octanol–water partition coefficient (Wildman–Crippen LogP) is 5.18. The van der Waals surface area contributed by atoms with Crippen molar-refractivity contribution in [2.45, 2.75) is 40.7 Å². The van der Waals surface area contributed by atoms with Crippen LogP contribution in [0.2, 0.25) is 0 Å². The van der Waals surface area contributed by atoms with Crippen LogP contribution in [0.15, 0.2) is 48.5 Å². The summed E-state index contributed by atoms with van der Waals surface area (Å²) in [6, 6.07) is 15.0. The zero-order valence-corrected chi connectivity index (χ0v) is 17.4. The van der Waals surface area contributed by atoms with Crippen LogP contribution in [0.5, 0.6) is 5.75 Å². The number of carbonyl (C=O) groups excluding carboxylic acids is 1. The van der Waals surface area contributed by atoms with Crippen molar-refractivity contribution >= 4 is 23.2 Å². The molecule has 0 atom stereocenters. The molecule has 0 unspecified atom stereocenters. The Morgan fingerprint density at radius 3 is 2.41 bits per heavy atom. The molecule has 6 nitrogen and oxygen atoms in total. The molecule has 1 aromatic heterocycles. The molecule has 6 heteroatoms. The fourth-order valence-corrected chi connectivity index (χ4v) is 2.83. The van der Waals surface area contributed by atoms with E-state index in [9.17, 15) is 4.79 Å². The normalized spacial score (nSPS) is 10.7. The summed E-state index contributed by atoms with van der Waals surface area (Å²) in [5, 5.41) is 6.08. The van der Waals surface area contributed by atoms with Gasteiger partial charge in [0.05, 0.1) is 6.10 Å². The first-order valence-corrected chi connectivity index (χ1v) is 9.59. The minimum absolute atomic E-state index is 0.118. The summed E-state index contributed by atoms with van der Waals surface area (Å²) < 4.78 is 5.65. The Kier molecular flexibility index (Phi) is 6.12. The largest absolute Gasteiger partial charge is 0.491 e. The third-order valence-electron chi connectivity index (χ3n) is 4.42. The average Bonchev–Trinajstić information content (AvgIpc) is 2.66. The van der Waals surface area contributed by atoms with Crippen molar-refractivity contribution in [3.05, 3.63) is 71.0 Å². The van der Waals surface area contributed by atoms with E-state index in [4.69, 9.17) is 4.74 Å². The number of hydrogen-bond donors (Lipinski definition) is 2. The molecule has 0 bridgehead atoms. The van der Waals surface area contributed by atoms with E-state index < -0.39 is 0 Å². The number of hydrogen-bond acceptors (Lipinski definition) is 5. The summed E-state index contributed by atoms with van der Waals surface area (Å²) in [6.07, 6.45) is 0.118. The van der Waals surface area contributed by atoms with Gasteiger partial charge in [0.15, 0.2) is 0 Å². The first-order valence-electron chi connectivity index (χ1n) is 9.59. The van der Waals surface area contributed by atoms with Crippen LogP contribution < -0.4 is 15.4 Å². The van der Waals surface area contributed by atoms with Crippen molar-refractivity contribution < 1.29 is 9.53 Å². The highest BCUT2D eigenvalue weighted by Gasteiger charge is 2.13. The second kappa shape index (κ2) is 8.73. The first kappa shape index (κ1) is 20.3. The summed E-state index contributed by atoms with van der Waals surface area (Å²) in [5.74, 6) is 0.894. The smallest absolute Gasteiger partial charge is 0.274 e. The minimum Gasteiger partial charge on any atom is -0.491 e. The highest BCUT2D eigenvalue weighted by molar-refractivity contribution is 6.03. The van der Waals surface area contributed by atoms with Gasteiger partial charge in [-0.25, -0.2) is 9.97 Å². The molecule has 2 N–H and O–H groups in total. The number of nitrogens with zero attached hydrogens (tertiary/aromatic N) is 2. The van der Waals surface area contributed by atoms with Gasteiger partial charge in [-0.15, -0.1) is 0 Å². The maximum atomic E-state index is 12.7. The fraction of sp³-hybridized carbons (Fsp3) is 0.261. The molecule has 1 amide bonds. The molecule has 3 rings (SSSR count). The zero-order chi connectivity index (χ0) is 21.0. The second-order valence-electron chi connectivity index (χ2n) is 7.24. The van der Waals surface area contributed by atoms with Crippen LogP contribution in [0.1, 0.15) is 41.2 Å². The number of ether oxygens (including phenoxy) is 1. The molecule has 0 aliphatic rings. The lowest BCUT2D eigenvalue weighted by Crippen LogP contribution is -2.16. The van der Waals surface area contributed by atoms with Gasteiger partial charge >= 0.3 is 0 Å². The summed E-state index contributed by atoms with van der Waals surface area (Å²) >= 11 is 0. The van der Waals surface area contributed by atoms with Gasteiger partial charge in [0.1, 0.15) is 11.4 Å². The van der Waals surface area contributed by atoms with E-state index in [1.54, 1.807) is 6.07 Å². The molecule has 0 fully saturated rings. The monoisotopic (exact) mass is 390 g/mol. The van der Waals surface area contributed by atoms with Crippen molar-refractivity contribution in [1.82, 2.24) is 9.97 Å². The van der Waals surface area contributed by atoms with E-state index in [0.717, 1.165) is 28.3 Å². The van der Waals surface area contributed by atoms with Crippen molar-refractivity contribution in [3.63, 3.8) is 0 Å². The number of carbonyl (C=O) groups is 1. The molecule has 0 spiro atoms. The third kappa shape index (κ3) is 5.31. The molecule has 1 heterocycles. The molecule has 3 aromatic rings. The maximum Gasteiger partial charge on any atom is 0.274 e. The van der Waals surface area contributed by atoms with E-state index >= 15 is 0 Å². The number of rotatable bonds is 6. The van der Waals surface area contributed by atoms with Crippen molar-refractivity contribution in [3.8, 4) is 5.75 Å². The van der Waals surface area contributed by atoms with Gasteiger partial charge in [-0.2, -0.15) is 0 Å². The standard InChI is InChI=1S/C23H26N4O2/c1-14(2)29-19-11-9-18(10-12-19)25-23-24-16(4)13-21(27-23)22(28)26-20-8-6-7-15(3)17(20)5/h6-14H,1-5H3,(H,26,28)(H,24,25,27). The zero-order valence-electron chi connectivity index (χ0n) is 17.4. The van der Waals surface area contributed by atoms with Crippen molar-refractivity contribution in [1.29, 1.82) is 0 Å². The second-order valence-corrected chi connectivity index (χ2v) is 7.24. The Morgan fingerprint density at radius 2 is 1.72 bits per heavy atom. The highest BCUT2D eigenvalue weighted by Crippen LogP contribution is 2.21. The summed E-state index contributed by atoms with van der Waals surface area (Å²) in [7, 11) is 0. The highest BCUT2D eigenvalue weighted by atomic mass is 16.5. The molecular weight excluding hydrogens is 364 g/mol. The maximum absolute atomic E-state index is 12.7. The number of benzene rings is 2. The fourth-order valence-electron chi connectivity index (χ4n) is 2.83. The lowest BCUT2D eigenvalue weighted by Gasteiger charge is -2.12. The molecule has 150 valence electrons. The number of aromatic nitrogens is 2. The molecule has 2 aromatic carbocycles. The van der Waals surface area contributed by atoms with Crippen LogP contribution in [0.4, 0.5) is 17.3 Å². The number of aryl methyl sites for hydroxylation is 2. The van der Waals surface area contributed by atoms with Crippen LogP contribution in [-0.2, 0) is 0 Å². The molecule has 29 heavy (non-hydrogen) atoms. The lowest BCUT2D eigenvalue weighted by molar-refractivity contribution is 0.102. The van der Waals surface area contributed by atoms with Gasteiger partial charge < -0.3 is 15.4 Å². The van der Waals surface area contributed by atoms with Gasteiger partial charge in [0, 0.05) is 17.1 Å².